The number of hydrogen-bond donors (Lipinski definition) is 2. The van der Waals surface area contributed by atoms with Crippen LogP contribution in [0.25, 0.3) is 4.96 Å². The monoisotopic (exact) mass is 549 g/mol. The number of alkyl halides is 3. The van der Waals surface area contributed by atoms with Gasteiger partial charge < -0.3 is 10.6 Å². The summed E-state index contributed by atoms with van der Waals surface area (Å²) in [6.07, 6.45) is 2.31. The van der Waals surface area contributed by atoms with Crippen LogP contribution in [-0.4, -0.2) is 28.9 Å². The molecule has 10 heteroatoms. The van der Waals surface area contributed by atoms with Gasteiger partial charge in [-0.15, -0.1) is 35.3 Å². The second-order valence-electron chi connectivity index (χ2n) is 7.32. The zero-order chi connectivity index (χ0) is 20.5. The summed E-state index contributed by atoms with van der Waals surface area (Å²) in [4.78, 5) is 9.70. The van der Waals surface area contributed by atoms with Crippen molar-refractivity contribution < 1.29 is 13.2 Å². The lowest BCUT2D eigenvalue weighted by Gasteiger charge is -2.43. The number of halogens is 4. The molecule has 1 aromatic carbocycles. The van der Waals surface area contributed by atoms with Crippen molar-refractivity contribution in [2.75, 3.05) is 13.6 Å². The van der Waals surface area contributed by atoms with E-state index in [2.05, 4.69) is 20.6 Å². The summed E-state index contributed by atoms with van der Waals surface area (Å²) in [5.41, 5.74) is 0.742. The molecule has 1 saturated carbocycles. The number of hydrogen-bond acceptors (Lipinski definition) is 3. The second kappa shape index (κ2) is 9.13. The molecular formula is C20H23F3IN5S. The van der Waals surface area contributed by atoms with Crippen molar-refractivity contribution in [3.63, 3.8) is 0 Å². The van der Waals surface area contributed by atoms with E-state index in [4.69, 9.17) is 0 Å². The number of nitrogens with one attached hydrogen (secondary N) is 2. The Kier molecular flexibility index (Phi) is 6.95. The smallest absolute Gasteiger partial charge is 0.356 e. The molecule has 0 unspecified atom stereocenters. The summed E-state index contributed by atoms with van der Waals surface area (Å²) in [6, 6.07) is 5.70. The fourth-order valence-corrected chi connectivity index (χ4v) is 4.42. The molecule has 5 nitrogen and oxygen atoms in total. The molecule has 0 radical (unpaired) electrons. The van der Waals surface area contributed by atoms with Crippen LogP contribution in [-0.2, 0) is 18.1 Å². The summed E-state index contributed by atoms with van der Waals surface area (Å²) < 4.78 is 41.3. The Morgan fingerprint density at radius 2 is 2.10 bits per heavy atom. The number of thiazole rings is 1. The van der Waals surface area contributed by atoms with Crippen LogP contribution in [0.5, 0.6) is 0 Å². The number of rotatable bonds is 5. The first-order valence-corrected chi connectivity index (χ1v) is 10.3. The minimum absolute atomic E-state index is 0. The molecule has 2 heterocycles. The minimum atomic E-state index is -4.33. The Morgan fingerprint density at radius 1 is 1.30 bits per heavy atom. The number of benzene rings is 1. The van der Waals surface area contributed by atoms with Crippen molar-refractivity contribution in [2.45, 2.75) is 37.4 Å². The molecule has 1 aliphatic carbocycles. The van der Waals surface area contributed by atoms with Crippen molar-refractivity contribution in [1.29, 1.82) is 0 Å². The molecule has 1 aliphatic rings. The van der Waals surface area contributed by atoms with Gasteiger partial charge in [0, 0.05) is 36.8 Å². The molecule has 4 rings (SSSR count). The standard InChI is InChI=1S/C20H22F3N5S.HI/c1-24-17(25-11-16-12-28-8-9-29-18(28)27-16)26-13-19(6-3-7-19)14-4-2-5-15(10-14)20(21,22)23;/h2,4-5,8-10,12H,3,6-7,11,13H2,1H3,(H2,24,25,26);1H. The Hall–Kier alpha value is -1.82. The van der Waals surface area contributed by atoms with Crippen molar-refractivity contribution in [2.24, 2.45) is 4.99 Å². The summed E-state index contributed by atoms with van der Waals surface area (Å²) in [5.74, 6) is 0.611. The quantitative estimate of drug-likeness (QED) is 0.273. The van der Waals surface area contributed by atoms with Crippen LogP contribution in [0, 0.1) is 0 Å². The summed E-state index contributed by atoms with van der Waals surface area (Å²) >= 11 is 1.57. The lowest BCUT2D eigenvalue weighted by molar-refractivity contribution is -0.137. The van der Waals surface area contributed by atoms with Crippen LogP contribution >= 0.6 is 35.3 Å². The van der Waals surface area contributed by atoms with Crippen LogP contribution in [0.2, 0.25) is 0 Å². The van der Waals surface area contributed by atoms with E-state index in [-0.39, 0.29) is 29.4 Å². The molecule has 2 aromatic heterocycles. The van der Waals surface area contributed by atoms with Crippen LogP contribution in [0.4, 0.5) is 13.2 Å². The maximum absolute atomic E-state index is 13.1. The molecule has 2 N–H and O–H groups in total. The van der Waals surface area contributed by atoms with E-state index in [1.54, 1.807) is 24.5 Å². The van der Waals surface area contributed by atoms with E-state index in [0.29, 0.717) is 19.0 Å². The minimum Gasteiger partial charge on any atom is -0.356 e. The zero-order valence-corrected chi connectivity index (χ0v) is 19.5. The molecule has 0 aliphatic heterocycles. The van der Waals surface area contributed by atoms with Crippen molar-refractivity contribution in [3.05, 3.63) is 58.9 Å². The summed E-state index contributed by atoms with van der Waals surface area (Å²) in [6.45, 7) is 1.05. The average Bonchev–Trinajstić information content (AvgIpc) is 3.24. The van der Waals surface area contributed by atoms with Crippen molar-refractivity contribution in [3.8, 4) is 0 Å². The fraction of sp³-hybridized carbons (Fsp3) is 0.400. The van der Waals surface area contributed by atoms with Gasteiger partial charge in [-0.2, -0.15) is 13.2 Å². The highest BCUT2D eigenvalue weighted by Gasteiger charge is 2.40. The van der Waals surface area contributed by atoms with Gasteiger partial charge in [-0.3, -0.25) is 9.39 Å². The molecule has 0 saturated heterocycles. The first-order chi connectivity index (χ1) is 13.9. The van der Waals surface area contributed by atoms with Gasteiger partial charge in [0.15, 0.2) is 10.9 Å². The summed E-state index contributed by atoms with van der Waals surface area (Å²) in [7, 11) is 1.68. The molecule has 30 heavy (non-hydrogen) atoms. The third-order valence-electron chi connectivity index (χ3n) is 5.51. The lowest BCUT2D eigenvalue weighted by atomic mass is 9.64. The van der Waals surface area contributed by atoms with Gasteiger partial charge in [0.1, 0.15) is 0 Å². The molecular weight excluding hydrogens is 526 g/mol. The number of aromatic nitrogens is 2. The highest BCUT2D eigenvalue weighted by molar-refractivity contribution is 14.0. The Morgan fingerprint density at radius 3 is 2.73 bits per heavy atom. The fourth-order valence-electron chi connectivity index (χ4n) is 3.71. The highest BCUT2D eigenvalue weighted by Crippen LogP contribution is 2.44. The van der Waals surface area contributed by atoms with E-state index < -0.39 is 11.7 Å². The van der Waals surface area contributed by atoms with Crippen LogP contribution in [0.3, 0.4) is 0 Å². The predicted molar refractivity (Wildman–Crippen MR) is 124 cm³/mol. The van der Waals surface area contributed by atoms with Gasteiger partial charge in [-0.25, -0.2) is 4.98 Å². The predicted octanol–water partition coefficient (Wildman–Crippen LogP) is 4.82. The van der Waals surface area contributed by atoms with Crippen LogP contribution in [0.1, 0.15) is 36.1 Å². The molecule has 162 valence electrons. The third kappa shape index (κ3) is 4.74. The molecule has 0 spiro atoms. The summed E-state index contributed by atoms with van der Waals surface area (Å²) in [5, 5.41) is 8.50. The Labute approximate surface area is 193 Å². The van der Waals surface area contributed by atoms with Gasteiger partial charge >= 0.3 is 6.18 Å². The number of imidazole rings is 1. The van der Waals surface area contributed by atoms with E-state index in [9.17, 15) is 13.2 Å². The molecule has 0 bridgehead atoms. The third-order valence-corrected chi connectivity index (χ3v) is 6.28. The number of guanidine groups is 1. The lowest BCUT2D eigenvalue weighted by Crippen LogP contribution is -2.48. The molecule has 0 amide bonds. The van der Waals surface area contributed by atoms with Gasteiger partial charge in [-0.1, -0.05) is 24.6 Å². The Bertz CT molecular complexity index is 994. The topological polar surface area (TPSA) is 53.7 Å². The van der Waals surface area contributed by atoms with Crippen LogP contribution < -0.4 is 10.6 Å². The zero-order valence-electron chi connectivity index (χ0n) is 16.4. The largest absolute Gasteiger partial charge is 0.416 e. The van der Waals surface area contributed by atoms with E-state index in [1.807, 2.05) is 22.2 Å². The first kappa shape index (κ1) is 22.9. The average molecular weight is 549 g/mol. The normalized spacial score (nSPS) is 16.1. The maximum Gasteiger partial charge on any atom is 0.416 e. The van der Waals surface area contributed by atoms with Gasteiger partial charge in [-0.05, 0) is 24.5 Å². The number of fused-ring (bicyclic) bond motifs is 1. The van der Waals surface area contributed by atoms with E-state index in [0.717, 1.165) is 41.5 Å². The molecule has 1 fully saturated rings. The highest BCUT2D eigenvalue weighted by atomic mass is 127. The van der Waals surface area contributed by atoms with Crippen molar-refractivity contribution >= 4 is 46.2 Å². The molecule has 0 atom stereocenters. The second-order valence-corrected chi connectivity index (χ2v) is 8.19. The number of aliphatic imine (C=N–C) groups is 1. The van der Waals surface area contributed by atoms with Crippen LogP contribution in [0.15, 0.2) is 47.0 Å². The Balaban J connectivity index is 0.00000256. The number of nitrogens with zero attached hydrogens (tertiary/aromatic N) is 3. The van der Waals surface area contributed by atoms with Gasteiger partial charge in [0.2, 0.25) is 0 Å². The SMILES string of the molecule is CN=C(NCc1cn2ccsc2n1)NCC1(c2cccc(C(F)(F)F)c2)CCC1.I. The first-order valence-electron chi connectivity index (χ1n) is 9.43. The molecule has 3 aromatic rings. The maximum atomic E-state index is 13.1. The van der Waals surface area contributed by atoms with Gasteiger partial charge in [0.25, 0.3) is 0 Å². The van der Waals surface area contributed by atoms with E-state index >= 15 is 0 Å². The van der Waals surface area contributed by atoms with Crippen molar-refractivity contribution in [1.82, 2.24) is 20.0 Å². The van der Waals surface area contributed by atoms with Gasteiger partial charge in [0.05, 0.1) is 17.8 Å². The van der Waals surface area contributed by atoms with E-state index in [1.165, 1.54) is 12.1 Å².